The average Bonchev–Trinajstić information content (AvgIpc) is 3.62. The third-order valence-electron chi connectivity index (χ3n) is 8.71. The predicted octanol–water partition coefficient (Wildman–Crippen LogP) is 5.98. The highest BCUT2D eigenvalue weighted by molar-refractivity contribution is 7.15. The van der Waals surface area contributed by atoms with E-state index in [0.717, 1.165) is 58.8 Å². The summed E-state index contributed by atoms with van der Waals surface area (Å²) in [5, 5.41) is 11.7. The zero-order chi connectivity index (χ0) is 31.3. The fraction of sp³-hybridized carbons (Fsp3) is 0.353. The first-order valence-electron chi connectivity index (χ1n) is 15.0. The summed E-state index contributed by atoms with van der Waals surface area (Å²) in [6.45, 7) is 10.9. The number of nitriles is 1. The molecule has 0 saturated carbocycles. The number of rotatable bonds is 6. The minimum Gasteiger partial charge on any atom is -0.339 e. The number of amides is 1. The van der Waals surface area contributed by atoms with Gasteiger partial charge in [-0.25, -0.2) is 4.99 Å². The van der Waals surface area contributed by atoms with Crippen LogP contribution in [0, 0.1) is 25.2 Å². The molecule has 44 heavy (non-hydrogen) atoms. The largest absolute Gasteiger partial charge is 0.339 e. The zero-order valence-corrected chi connectivity index (χ0v) is 27.9. The smallest absolute Gasteiger partial charge is 0.271 e. The third-order valence-corrected chi connectivity index (χ3v) is 11.2. The Labute approximate surface area is 269 Å². The predicted molar refractivity (Wildman–Crippen MR) is 178 cm³/mol. The molecule has 0 radical (unpaired) electrons. The van der Waals surface area contributed by atoms with Crippen molar-refractivity contribution in [1.82, 2.24) is 14.0 Å². The van der Waals surface area contributed by atoms with Gasteiger partial charge in [0.05, 0.1) is 27.4 Å². The number of benzene rings is 1. The molecule has 0 N–H and O–H groups in total. The molecule has 1 aromatic carbocycles. The highest BCUT2D eigenvalue weighted by Crippen LogP contribution is 2.38. The number of thiazole rings is 1. The van der Waals surface area contributed by atoms with E-state index in [1.54, 1.807) is 32.9 Å². The Morgan fingerprint density at radius 1 is 1.14 bits per heavy atom. The maximum atomic E-state index is 14.2. The summed E-state index contributed by atoms with van der Waals surface area (Å²) in [6, 6.07) is 11.3. The average molecular weight is 644 g/mol. The van der Waals surface area contributed by atoms with Crippen LogP contribution in [0.4, 0.5) is 0 Å². The lowest BCUT2D eigenvalue weighted by Crippen LogP contribution is -2.43. The molecular formula is C34H34ClN5O2S2. The minimum absolute atomic E-state index is 0.124. The van der Waals surface area contributed by atoms with Gasteiger partial charge >= 0.3 is 0 Å². The van der Waals surface area contributed by atoms with Gasteiger partial charge in [0.15, 0.2) is 4.80 Å². The van der Waals surface area contributed by atoms with Gasteiger partial charge < -0.3 is 9.47 Å². The van der Waals surface area contributed by atoms with Crippen LogP contribution >= 0.6 is 34.3 Å². The van der Waals surface area contributed by atoms with Crippen LogP contribution in [0.15, 0.2) is 51.4 Å². The van der Waals surface area contributed by atoms with Gasteiger partial charge in [-0.2, -0.15) is 5.26 Å². The summed E-state index contributed by atoms with van der Waals surface area (Å²) in [5.74, 6) is -0.124. The maximum absolute atomic E-state index is 14.2. The van der Waals surface area contributed by atoms with E-state index in [1.165, 1.54) is 21.8 Å². The molecule has 226 valence electrons. The Bertz CT molecular complexity index is 2050. The lowest BCUT2D eigenvalue weighted by molar-refractivity contribution is -0.127. The molecule has 4 heterocycles. The van der Waals surface area contributed by atoms with Crippen LogP contribution in [-0.2, 0) is 17.6 Å². The van der Waals surface area contributed by atoms with Crippen LogP contribution in [0.2, 0.25) is 5.02 Å². The monoisotopic (exact) mass is 643 g/mol. The zero-order valence-electron chi connectivity index (χ0n) is 25.5. The van der Waals surface area contributed by atoms with E-state index in [1.807, 2.05) is 52.8 Å². The molecule has 2 aliphatic rings. The highest BCUT2D eigenvalue weighted by atomic mass is 35.5. The van der Waals surface area contributed by atoms with Crippen molar-refractivity contribution in [3.8, 4) is 11.1 Å². The van der Waals surface area contributed by atoms with E-state index in [4.69, 9.17) is 16.6 Å². The van der Waals surface area contributed by atoms with Crippen molar-refractivity contribution in [2.24, 2.45) is 4.99 Å². The molecule has 0 bridgehead atoms. The normalized spacial score (nSPS) is 16.4. The summed E-state index contributed by atoms with van der Waals surface area (Å²) in [7, 11) is 0. The first kappa shape index (κ1) is 30.3. The fourth-order valence-corrected chi connectivity index (χ4v) is 9.06. The van der Waals surface area contributed by atoms with Crippen molar-refractivity contribution >= 4 is 46.3 Å². The highest BCUT2D eigenvalue weighted by Gasteiger charge is 2.34. The van der Waals surface area contributed by atoms with Crippen molar-refractivity contribution in [1.29, 1.82) is 5.26 Å². The number of hydrogen-bond donors (Lipinski definition) is 0. The molecule has 7 nitrogen and oxygen atoms in total. The van der Waals surface area contributed by atoms with Gasteiger partial charge in [0.2, 0.25) is 0 Å². The quantitative estimate of drug-likeness (QED) is 0.259. The van der Waals surface area contributed by atoms with E-state index in [9.17, 15) is 14.9 Å². The number of allylic oxidation sites excluding steroid dienone is 1. The summed E-state index contributed by atoms with van der Waals surface area (Å²) < 4.78 is 4.36. The number of aryl methyl sites for hydroxylation is 2. The van der Waals surface area contributed by atoms with Gasteiger partial charge in [0.25, 0.3) is 11.5 Å². The number of likely N-dealkylation sites (N-methyl/N-ethyl adjacent to an activating group) is 1. The molecule has 3 aromatic heterocycles. The second kappa shape index (κ2) is 12.0. The molecule has 4 aromatic rings. The molecule has 6 rings (SSSR count). The van der Waals surface area contributed by atoms with Crippen LogP contribution in [0.5, 0.6) is 0 Å². The van der Waals surface area contributed by atoms with Crippen molar-refractivity contribution < 1.29 is 4.79 Å². The van der Waals surface area contributed by atoms with Crippen molar-refractivity contribution in [2.75, 3.05) is 13.1 Å². The standard InChI is InChI=1S/C34H34ClN5O2S2/c1-6-38(7-2)32(42)29-20(4)37-34-40(30(29)22-12-14-24(35)15-13-22)31(41)28(44-34)17-23-16-19(3)39(21(23)5)33-26(18-36)25-10-8-9-11-27(25)43-33/h12-17,30H,6-11H2,1-5H3/b28-17+/t30-/m1/s1. The molecule has 1 atom stereocenters. The molecule has 0 unspecified atom stereocenters. The minimum atomic E-state index is -0.623. The molecule has 0 saturated heterocycles. The molecule has 0 spiro atoms. The van der Waals surface area contributed by atoms with Gasteiger partial charge in [-0.05, 0) is 101 Å². The Morgan fingerprint density at radius 3 is 2.52 bits per heavy atom. The fourth-order valence-electron chi connectivity index (χ4n) is 6.45. The van der Waals surface area contributed by atoms with E-state index in [2.05, 4.69) is 16.7 Å². The van der Waals surface area contributed by atoms with Gasteiger partial charge in [-0.15, -0.1) is 11.3 Å². The van der Waals surface area contributed by atoms with E-state index in [0.29, 0.717) is 38.7 Å². The summed E-state index contributed by atoms with van der Waals surface area (Å²) in [4.78, 5) is 36.5. The molecule has 1 aliphatic carbocycles. The third kappa shape index (κ3) is 4.99. The SMILES string of the molecule is CCN(CC)C(=O)C1=C(C)N=c2s/c(=C/c3cc(C)n(-c4sc5c(c4C#N)CCCC5)c3C)c(=O)n2[C@@H]1c1ccc(Cl)cc1. The van der Waals surface area contributed by atoms with E-state index >= 15 is 0 Å². The number of aromatic nitrogens is 2. The van der Waals surface area contributed by atoms with Crippen molar-refractivity contribution in [2.45, 2.75) is 66.3 Å². The Hall–Kier alpha value is -3.71. The van der Waals surface area contributed by atoms with Crippen LogP contribution in [0.1, 0.15) is 78.2 Å². The van der Waals surface area contributed by atoms with Crippen LogP contribution in [-0.4, -0.2) is 33.0 Å². The van der Waals surface area contributed by atoms with Gasteiger partial charge in [0, 0.05) is 34.4 Å². The first-order chi connectivity index (χ1) is 21.2. The van der Waals surface area contributed by atoms with Gasteiger partial charge in [0.1, 0.15) is 11.1 Å². The first-order valence-corrected chi connectivity index (χ1v) is 17.0. The van der Waals surface area contributed by atoms with E-state index < -0.39 is 6.04 Å². The van der Waals surface area contributed by atoms with E-state index in [-0.39, 0.29) is 11.5 Å². The Balaban J connectivity index is 1.51. The number of halogens is 1. The molecule has 0 fully saturated rings. The van der Waals surface area contributed by atoms with Crippen molar-refractivity contribution in [3.05, 3.63) is 105 Å². The summed E-state index contributed by atoms with van der Waals surface area (Å²) in [6.07, 6.45) is 6.18. The number of carbonyl (C=O) groups is 1. The van der Waals surface area contributed by atoms with Gasteiger partial charge in [-0.1, -0.05) is 35.1 Å². The Kier molecular flexibility index (Phi) is 8.27. The van der Waals surface area contributed by atoms with Gasteiger partial charge in [-0.3, -0.25) is 14.2 Å². The number of thiophene rings is 1. The topological polar surface area (TPSA) is 83.4 Å². The lowest BCUT2D eigenvalue weighted by Gasteiger charge is -2.29. The molecule has 1 aliphatic heterocycles. The summed E-state index contributed by atoms with van der Waals surface area (Å²) >= 11 is 9.27. The molecule has 10 heteroatoms. The number of nitrogens with zero attached hydrogens (tertiary/aromatic N) is 5. The second-order valence-electron chi connectivity index (χ2n) is 11.3. The maximum Gasteiger partial charge on any atom is 0.271 e. The molecule has 1 amide bonds. The molecular weight excluding hydrogens is 610 g/mol. The van der Waals surface area contributed by atoms with Crippen molar-refractivity contribution in [3.63, 3.8) is 0 Å². The van der Waals surface area contributed by atoms with Crippen LogP contribution < -0.4 is 14.9 Å². The lowest BCUT2D eigenvalue weighted by atomic mass is 9.94. The Morgan fingerprint density at radius 2 is 1.84 bits per heavy atom. The number of carbonyl (C=O) groups excluding carboxylic acids is 1. The number of hydrogen-bond acceptors (Lipinski definition) is 6. The van der Waals surface area contributed by atoms with Crippen LogP contribution in [0.3, 0.4) is 0 Å². The summed E-state index contributed by atoms with van der Waals surface area (Å²) in [5.41, 5.74) is 6.61. The van der Waals surface area contributed by atoms with Crippen LogP contribution in [0.25, 0.3) is 11.1 Å². The number of fused-ring (bicyclic) bond motifs is 2. The second-order valence-corrected chi connectivity index (χ2v) is 13.8.